The molecule has 1 heterocycles. The number of amides is 1. The van der Waals surface area contributed by atoms with Crippen molar-refractivity contribution in [1.29, 1.82) is 0 Å². The molecular weight excluding hydrogens is 441 g/mol. The molecule has 0 aromatic heterocycles. The van der Waals surface area contributed by atoms with Gasteiger partial charge in [-0.1, -0.05) is 0 Å². The van der Waals surface area contributed by atoms with Crippen LogP contribution in [-0.2, 0) is 4.74 Å². The number of carbonyl (C=O) groups is 2. The van der Waals surface area contributed by atoms with Crippen LogP contribution in [0.5, 0.6) is 11.5 Å². The predicted octanol–water partition coefficient (Wildman–Crippen LogP) is 5.24. The number of hydrogen-bond donors (Lipinski definition) is 0. The Morgan fingerprint density at radius 1 is 1.06 bits per heavy atom. The molecule has 6 nitrogen and oxygen atoms in total. The fraction of sp³-hybridized carbons (Fsp3) is 0.619. The normalized spacial score (nSPS) is 16.0. The number of benzene rings is 1. The lowest BCUT2D eigenvalue weighted by atomic mass is 10.1. The summed E-state index contributed by atoms with van der Waals surface area (Å²) < 4.78 is 79.4. The lowest BCUT2D eigenvalue weighted by molar-refractivity contribution is -0.290. The van der Waals surface area contributed by atoms with Gasteiger partial charge < -0.3 is 19.1 Å². The van der Waals surface area contributed by atoms with E-state index in [0.717, 1.165) is 13.0 Å². The highest BCUT2D eigenvalue weighted by Crippen LogP contribution is 2.37. The van der Waals surface area contributed by atoms with Gasteiger partial charge in [0.15, 0.2) is 12.4 Å². The van der Waals surface area contributed by atoms with Crippen LogP contribution in [0.3, 0.4) is 0 Å². The fourth-order valence-electron chi connectivity index (χ4n) is 2.91. The molecule has 0 saturated carbocycles. The zero-order valence-electron chi connectivity index (χ0n) is 18.2. The van der Waals surface area contributed by atoms with Crippen molar-refractivity contribution >= 4 is 11.9 Å². The first-order valence-corrected chi connectivity index (χ1v) is 9.96. The number of likely N-dealkylation sites (tertiary alicyclic amines) is 1. The van der Waals surface area contributed by atoms with E-state index in [2.05, 4.69) is 4.74 Å². The number of ketones is 1. The number of alkyl halides is 5. The number of rotatable bonds is 6. The number of nitrogens with zero attached hydrogens (tertiary/aromatic N) is 1. The third-order valence-corrected chi connectivity index (χ3v) is 4.55. The Morgan fingerprint density at radius 2 is 1.66 bits per heavy atom. The highest BCUT2D eigenvalue weighted by Gasteiger charge is 2.58. The van der Waals surface area contributed by atoms with Gasteiger partial charge in [0.05, 0.1) is 5.56 Å². The minimum Gasteiger partial charge on any atom is -0.490 e. The highest BCUT2D eigenvalue weighted by atomic mass is 19.4. The van der Waals surface area contributed by atoms with Crippen LogP contribution in [0.2, 0.25) is 0 Å². The molecule has 1 saturated heterocycles. The van der Waals surface area contributed by atoms with E-state index < -0.39 is 41.9 Å². The topological polar surface area (TPSA) is 65.1 Å². The number of carbonyl (C=O) groups excluding carboxylic acids is 2. The third kappa shape index (κ3) is 6.96. The van der Waals surface area contributed by atoms with Crippen molar-refractivity contribution < 1.29 is 45.8 Å². The van der Waals surface area contributed by atoms with Crippen LogP contribution in [0.25, 0.3) is 0 Å². The van der Waals surface area contributed by atoms with Crippen LogP contribution in [0, 0.1) is 0 Å². The van der Waals surface area contributed by atoms with Gasteiger partial charge in [0.2, 0.25) is 0 Å². The van der Waals surface area contributed by atoms with Crippen LogP contribution in [-0.4, -0.2) is 60.3 Å². The second-order valence-corrected chi connectivity index (χ2v) is 8.49. The summed E-state index contributed by atoms with van der Waals surface area (Å²) in [5.74, 6) is -5.92. The van der Waals surface area contributed by atoms with E-state index in [9.17, 15) is 31.5 Å². The zero-order valence-corrected chi connectivity index (χ0v) is 18.2. The van der Waals surface area contributed by atoms with Crippen LogP contribution in [0.15, 0.2) is 18.2 Å². The molecule has 1 aliphatic heterocycles. The summed E-state index contributed by atoms with van der Waals surface area (Å²) >= 11 is 0. The minimum absolute atomic E-state index is 0.143. The van der Waals surface area contributed by atoms with Crippen molar-refractivity contribution in [3.8, 4) is 11.5 Å². The quantitative estimate of drug-likeness (QED) is 0.423. The Balaban J connectivity index is 2.03. The van der Waals surface area contributed by atoms with E-state index >= 15 is 0 Å². The first-order valence-electron chi connectivity index (χ1n) is 9.96. The van der Waals surface area contributed by atoms with Crippen molar-refractivity contribution in [2.24, 2.45) is 0 Å². The lowest BCUT2D eigenvalue weighted by Gasteiger charge is -2.33. The fourth-order valence-corrected chi connectivity index (χ4v) is 2.91. The van der Waals surface area contributed by atoms with E-state index in [1.165, 1.54) is 17.0 Å². The zero-order chi connectivity index (χ0) is 24.3. The largest absolute Gasteiger partial charge is 0.490 e. The number of halogens is 5. The molecule has 0 atom stereocenters. The molecular formula is C21H26F5NO5. The molecule has 32 heavy (non-hydrogen) atoms. The molecule has 0 aliphatic carbocycles. The van der Waals surface area contributed by atoms with Crippen molar-refractivity contribution in [3.05, 3.63) is 23.8 Å². The van der Waals surface area contributed by atoms with Gasteiger partial charge in [-0.05, 0) is 39.8 Å². The minimum atomic E-state index is -5.78. The first kappa shape index (κ1) is 25.7. The smallest absolute Gasteiger partial charge is 0.456 e. The van der Waals surface area contributed by atoms with Crippen LogP contribution in [0.1, 0.15) is 50.9 Å². The van der Waals surface area contributed by atoms with Crippen LogP contribution >= 0.6 is 0 Å². The number of piperidine rings is 1. The summed E-state index contributed by atoms with van der Waals surface area (Å²) in [5, 5.41) is 0. The number of ether oxygens (including phenoxy) is 3. The van der Waals surface area contributed by atoms with Crippen molar-refractivity contribution in [2.45, 2.75) is 64.3 Å². The summed E-state index contributed by atoms with van der Waals surface area (Å²) in [6, 6.07) is 3.77. The molecule has 0 radical (unpaired) electrons. The molecule has 1 aliphatic rings. The molecule has 180 valence electrons. The van der Waals surface area contributed by atoms with Gasteiger partial charge >= 0.3 is 18.2 Å². The number of Topliss-reactive ketones (excluding diaryl/α,β-unsaturated/α-hetero) is 1. The summed E-state index contributed by atoms with van der Waals surface area (Å²) in [6.07, 6.45) is -5.64. The molecule has 0 spiro atoms. The molecule has 0 unspecified atom stereocenters. The maximum Gasteiger partial charge on any atom is 0.456 e. The lowest BCUT2D eigenvalue weighted by Crippen LogP contribution is -2.44. The van der Waals surface area contributed by atoms with Gasteiger partial charge in [0.25, 0.3) is 0 Å². The SMILES string of the molecule is CC(=O)c1ccc(OC2CCN(C(=O)OC(C)(C)C)CC2)cc1OCC(F)(F)C(F)(F)F. The molecule has 0 N–H and O–H groups in total. The Hall–Kier alpha value is -2.59. The van der Waals surface area contributed by atoms with E-state index in [4.69, 9.17) is 9.47 Å². The first-order chi connectivity index (χ1) is 14.6. The summed E-state index contributed by atoms with van der Waals surface area (Å²) in [4.78, 5) is 25.4. The summed E-state index contributed by atoms with van der Waals surface area (Å²) in [6.45, 7) is 5.19. The molecule has 2 rings (SSSR count). The Labute approximate surface area is 182 Å². The Bertz CT molecular complexity index is 827. The van der Waals surface area contributed by atoms with E-state index in [1.54, 1.807) is 20.8 Å². The van der Waals surface area contributed by atoms with E-state index in [0.29, 0.717) is 25.9 Å². The van der Waals surface area contributed by atoms with Gasteiger partial charge in [-0.3, -0.25) is 4.79 Å². The number of hydrogen-bond acceptors (Lipinski definition) is 5. The van der Waals surface area contributed by atoms with Crippen molar-refractivity contribution in [3.63, 3.8) is 0 Å². The standard InChI is InChI=1S/C21H26F5NO5/c1-13(28)16-6-5-15(11-17(16)30-12-20(22,23)21(24,25)26)31-14-7-9-27(10-8-14)18(29)32-19(2,3)4/h5-6,11,14H,7-10,12H2,1-4H3. The van der Waals surface area contributed by atoms with E-state index in [-0.39, 0.29) is 17.4 Å². The van der Waals surface area contributed by atoms with Gasteiger partial charge in [0.1, 0.15) is 23.2 Å². The summed E-state index contributed by atoms with van der Waals surface area (Å²) in [5.41, 5.74) is -0.766. The molecule has 1 fully saturated rings. The van der Waals surface area contributed by atoms with Gasteiger partial charge in [-0.2, -0.15) is 22.0 Å². The maximum atomic E-state index is 13.2. The second-order valence-electron chi connectivity index (χ2n) is 8.49. The summed E-state index contributed by atoms with van der Waals surface area (Å²) in [7, 11) is 0. The Morgan fingerprint density at radius 3 is 2.16 bits per heavy atom. The van der Waals surface area contributed by atoms with E-state index in [1.807, 2.05) is 0 Å². The highest BCUT2D eigenvalue weighted by molar-refractivity contribution is 5.97. The van der Waals surface area contributed by atoms with Crippen LogP contribution in [0.4, 0.5) is 26.7 Å². The van der Waals surface area contributed by atoms with Crippen LogP contribution < -0.4 is 9.47 Å². The maximum absolute atomic E-state index is 13.2. The molecule has 11 heteroatoms. The average Bonchev–Trinajstić information content (AvgIpc) is 2.64. The molecule has 0 bridgehead atoms. The monoisotopic (exact) mass is 467 g/mol. The van der Waals surface area contributed by atoms with Crippen molar-refractivity contribution in [2.75, 3.05) is 19.7 Å². The molecule has 1 aromatic carbocycles. The second kappa shape index (κ2) is 9.50. The van der Waals surface area contributed by atoms with Gasteiger partial charge in [-0.15, -0.1) is 0 Å². The van der Waals surface area contributed by atoms with Crippen molar-refractivity contribution in [1.82, 2.24) is 4.90 Å². The molecule has 1 aromatic rings. The van der Waals surface area contributed by atoms with Gasteiger partial charge in [-0.25, -0.2) is 4.79 Å². The average molecular weight is 467 g/mol. The Kier molecular flexibility index (Phi) is 7.62. The molecule has 1 amide bonds. The third-order valence-electron chi connectivity index (χ3n) is 4.55. The predicted molar refractivity (Wildman–Crippen MR) is 104 cm³/mol. The van der Waals surface area contributed by atoms with Gasteiger partial charge in [0, 0.05) is 32.0 Å².